The normalized spacial score (nSPS) is 13.2. The van der Waals surface area contributed by atoms with Crippen LogP contribution in [0.5, 0.6) is 0 Å². The largest absolute Gasteiger partial charge is 0.339 e. The Morgan fingerprint density at radius 3 is 2.62 bits per heavy atom. The molecule has 0 aliphatic rings. The number of nitrogens with two attached hydrogens (primary N) is 1. The van der Waals surface area contributed by atoms with E-state index in [9.17, 15) is 9.59 Å². The van der Waals surface area contributed by atoms with Gasteiger partial charge in [0.2, 0.25) is 0 Å². The Morgan fingerprint density at radius 2 is 1.89 bits per heavy atom. The highest BCUT2D eigenvalue weighted by molar-refractivity contribution is 7.20. The number of aryl methyl sites for hydroxylation is 1. The van der Waals surface area contributed by atoms with E-state index in [1.165, 1.54) is 22.9 Å². The maximum absolute atomic E-state index is 13.9. The molecular weight excluding hydrogens is 502 g/mol. The minimum Gasteiger partial charge on any atom is -0.339 e. The summed E-state index contributed by atoms with van der Waals surface area (Å²) in [6.07, 6.45) is 1.77. The predicted molar refractivity (Wildman–Crippen MR) is 152 cm³/mol. The first-order chi connectivity index (χ1) is 18.0. The molecule has 7 nitrogen and oxygen atoms in total. The molecule has 0 bridgehead atoms. The number of carbonyl (C=O) groups excluding carboxylic acids is 1. The van der Waals surface area contributed by atoms with Crippen molar-refractivity contribution in [2.45, 2.75) is 45.2 Å². The topological polar surface area (TPSA) is 103 Å². The van der Waals surface area contributed by atoms with Crippen molar-refractivity contribution in [1.82, 2.24) is 19.2 Å². The maximum atomic E-state index is 13.9. The smallest absolute Gasteiger partial charge is 0.264 e. The van der Waals surface area contributed by atoms with Gasteiger partial charge >= 0.3 is 0 Å². The minimum atomic E-state index is -0.882. The van der Waals surface area contributed by atoms with E-state index < -0.39 is 5.54 Å². The molecule has 3 N–H and O–H groups in total. The molecule has 3 aromatic heterocycles. The molecule has 0 fully saturated rings. The molecule has 1 atom stereocenters. The molecule has 37 heavy (non-hydrogen) atoms. The standard InChI is InChI=1S/C28H29N5O2S2/c1-3-28(14-9-15-29,31-24(34)22-16-20-12-7-8-13-21(20)36-22)27-30-25-23(18(2)32-37-25)26(35)33(27)17-19-10-5-4-6-11-19/h4-8,10-13,16H,3,9,14-15,17,29H2,1-2H3,(H,31,34). The zero-order valence-corrected chi connectivity index (χ0v) is 22.5. The van der Waals surface area contributed by atoms with Crippen molar-refractivity contribution in [2.75, 3.05) is 6.54 Å². The van der Waals surface area contributed by atoms with Crippen LogP contribution in [0, 0.1) is 6.92 Å². The van der Waals surface area contributed by atoms with Gasteiger partial charge < -0.3 is 11.1 Å². The van der Waals surface area contributed by atoms with Gasteiger partial charge in [-0.15, -0.1) is 11.3 Å². The van der Waals surface area contributed by atoms with Gasteiger partial charge in [0.25, 0.3) is 11.5 Å². The first kappa shape index (κ1) is 25.3. The Bertz CT molecular complexity index is 1590. The highest BCUT2D eigenvalue weighted by Gasteiger charge is 2.38. The zero-order chi connectivity index (χ0) is 26.0. The molecule has 1 amide bonds. The lowest BCUT2D eigenvalue weighted by molar-refractivity contribution is 0.0880. The summed E-state index contributed by atoms with van der Waals surface area (Å²) in [6, 6.07) is 19.7. The van der Waals surface area contributed by atoms with E-state index in [1.54, 1.807) is 4.57 Å². The summed E-state index contributed by atoms with van der Waals surface area (Å²) >= 11 is 2.67. The van der Waals surface area contributed by atoms with Crippen LogP contribution in [0.1, 0.15) is 52.9 Å². The molecule has 5 aromatic rings. The number of nitrogens with one attached hydrogen (secondary N) is 1. The van der Waals surface area contributed by atoms with Crippen LogP contribution >= 0.6 is 22.9 Å². The van der Waals surface area contributed by atoms with E-state index >= 15 is 0 Å². The molecule has 3 heterocycles. The SMILES string of the molecule is CCC(CCCN)(NC(=O)c1cc2ccccc2s1)c1nc2snc(C)c2c(=O)n1Cc1ccccc1. The second-order valence-electron chi connectivity index (χ2n) is 9.19. The maximum Gasteiger partial charge on any atom is 0.264 e. The monoisotopic (exact) mass is 531 g/mol. The van der Waals surface area contributed by atoms with Gasteiger partial charge in [-0.2, -0.15) is 4.37 Å². The van der Waals surface area contributed by atoms with Crippen LogP contribution < -0.4 is 16.6 Å². The Hall–Kier alpha value is -3.40. The van der Waals surface area contributed by atoms with E-state index in [0.717, 1.165) is 15.6 Å². The van der Waals surface area contributed by atoms with Gasteiger partial charge in [0.15, 0.2) is 4.83 Å². The van der Waals surface area contributed by atoms with Crippen LogP contribution in [0.15, 0.2) is 65.5 Å². The molecular formula is C28H29N5O2S2. The van der Waals surface area contributed by atoms with Crippen LogP contribution in [-0.2, 0) is 12.1 Å². The fraction of sp³-hybridized carbons (Fsp3) is 0.286. The van der Waals surface area contributed by atoms with Crippen molar-refractivity contribution in [2.24, 2.45) is 5.73 Å². The van der Waals surface area contributed by atoms with Gasteiger partial charge in [-0.25, -0.2) is 4.98 Å². The lowest BCUT2D eigenvalue weighted by Crippen LogP contribution is -2.49. The third-order valence-corrected chi connectivity index (χ3v) is 8.74. The van der Waals surface area contributed by atoms with Crippen molar-refractivity contribution in [3.05, 3.63) is 93.0 Å². The number of aromatic nitrogens is 3. The van der Waals surface area contributed by atoms with Crippen LogP contribution in [-0.4, -0.2) is 26.4 Å². The zero-order valence-electron chi connectivity index (χ0n) is 20.9. The lowest BCUT2D eigenvalue weighted by Gasteiger charge is -2.35. The highest BCUT2D eigenvalue weighted by Crippen LogP contribution is 2.33. The second-order valence-corrected chi connectivity index (χ2v) is 11.0. The number of carbonyl (C=O) groups is 1. The summed E-state index contributed by atoms with van der Waals surface area (Å²) in [7, 11) is 0. The molecule has 0 aliphatic heterocycles. The second kappa shape index (κ2) is 10.5. The molecule has 0 saturated carbocycles. The summed E-state index contributed by atoms with van der Waals surface area (Å²) in [4.78, 5) is 33.8. The molecule has 190 valence electrons. The summed E-state index contributed by atoms with van der Waals surface area (Å²) in [6.45, 7) is 4.66. The molecule has 0 radical (unpaired) electrons. The highest BCUT2D eigenvalue weighted by atomic mass is 32.1. The third kappa shape index (κ3) is 4.82. The van der Waals surface area contributed by atoms with Crippen LogP contribution in [0.2, 0.25) is 0 Å². The number of fused-ring (bicyclic) bond motifs is 2. The average Bonchev–Trinajstić information content (AvgIpc) is 3.52. The summed E-state index contributed by atoms with van der Waals surface area (Å²) in [5.74, 6) is 0.365. The quantitative estimate of drug-likeness (QED) is 0.272. The van der Waals surface area contributed by atoms with Crippen molar-refractivity contribution < 1.29 is 4.79 Å². The van der Waals surface area contributed by atoms with Crippen molar-refractivity contribution in [1.29, 1.82) is 0 Å². The molecule has 9 heteroatoms. The van der Waals surface area contributed by atoms with Gasteiger partial charge in [-0.1, -0.05) is 55.5 Å². The Labute approximate surface area is 223 Å². The van der Waals surface area contributed by atoms with Crippen molar-refractivity contribution >= 4 is 49.1 Å². The van der Waals surface area contributed by atoms with Crippen LogP contribution in [0.3, 0.4) is 0 Å². The number of amides is 1. The fourth-order valence-electron chi connectivity index (χ4n) is 4.78. The molecule has 5 rings (SSSR count). The predicted octanol–water partition coefficient (Wildman–Crippen LogP) is 5.20. The van der Waals surface area contributed by atoms with E-state index in [4.69, 9.17) is 10.7 Å². The number of benzene rings is 2. The van der Waals surface area contributed by atoms with E-state index in [1.807, 2.05) is 74.5 Å². The fourth-order valence-corrected chi connectivity index (χ4v) is 6.50. The van der Waals surface area contributed by atoms with Gasteiger partial charge in [0.05, 0.1) is 28.0 Å². The Morgan fingerprint density at radius 1 is 1.14 bits per heavy atom. The van der Waals surface area contributed by atoms with E-state index in [0.29, 0.717) is 59.0 Å². The minimum absolute atomic E-state index is 0.142. The summed E-state index contributed by atoms with van der Waals surface area (Å²) in [5, 5.41) is 4.87. The molecule has 1 unspecified atom stereocenters. The first-order valence-corrected chi connectivity index (χ1v) is 14.0. The number of thiophene rings is 1. The van der Waals surface area contributed by atoms with Crippen molar-refractivity contribution in [3.8, 4) is 0 Å². The molecule has 0 aliphatic carbocycles. The lowest BCUT2D eigenvalue weighted by atomic mass is 9.88. The molecule has 0 spiro atoms. The van der Waals surface area contributed by atoms with Crippen LogP contribution in [0.25, 0.3) is 20.3 Å². The third-order valence-electron chi connectivity index (χ3n) is 6.79. The molecule has 2 aromatic carbocycles. The Kier molecular flexibility index (Phi) is 7.19. The Balaban J connectivity index is 1.67. The van der Waals surface area contributed by atoms with E-state index in [-0.39, 0.29) is 11.5 Å². The van der Waals surface area contributed by atoms with E-state index in [2.05, 4.69) is 9.69 Å². The van der Waals surface area contributed by atoms with Gasteiger partial charge in [-0.3, -0.25) is 14.2 Å². The number of hydrogen-bond acceptors (Lipinski definition) is 7. The van der Waals surface area contributed by atoms with Gasteiger partial charge in [-0.05, 0) is 67.3 Å². The number of nitrogens with zero attached hydrogens (tertiary/aromatic N) is 3. The summed E-state index contributed by atoms with van der Waals surface area (Å²) < 4.78 is 7.17. The summed E-state index contributed by atoms with van der Waals surface area (Å²) in [5.41, 5.74) is 6.56. The van der Waals surface area contributed by atoms with Gasteiger partial charge in [0.1, 0.15) is 5.82 Å². The van der Waals surface area contributed by atoms with Gasteiger partial charge in [0, 0.05) is 4.70 Å². The van der Waals surface area contributed by atoms with Crippen LogP contribution in [0.4, 0.5) is 0 Å². The van der Waals surface area contributed by atoms with Crippen molar-refractivity contribution in [3.63, 3.8) is 0 Å². The molecule has 0 saturated heterocycles. The first-order valence-electron chi connectivity index (χ1n) is 12.4. The number of rotatable bonds is 9. The average molecular weight is 532 g/mol. The number of hydrogen-bond donors (Lipinski definition) is 2.